The van der Waals surface area contributed by atoms with Crippen LogP contribution in [-0.4, -0.2) is 10.1 Å². The smallest absolute Gasteiger partial charge is 0.126 e. The lowest BCUT2D eigenvalue weighted by atomic mass is 10.3. The molecule has 3 heteroatoms. The van der Waals surface area contributed by atoms with Crippen LogP contribution in [0.1, 0.15) is 11.1 Å². The molecule has 2 aromatic rings. The number of aromatic nitrogens is 1. The van der Waals surface area contributed by atoms with Crippen molar-refractivity contribution in [3.63, 3.8) is 0 Å². The zero-order chi connectivity index (χ0) is 9.26. The fourth-order valence-corrected chi connectivity index (χ4v) is 2.07. The molecule has 1 unspecified atom stereocenters. The van der Waals surface area contributed by atoms with E-state index in [9.17, 15) is 5.11 Å². The Morgan fingerprint density at radius 2 is 2.23 bits per heavy atom. The predicted molar refractivity (Wildman–Crippen MR) is 54.8 cm³/mol. The molecule has 0 spiro atoms. The number of rotatable bonds is 2. The first kappa shape index (κ1) is 8.41. The second kappa shape index (κ2) is 3.28. The standard InChI is InChI=1S/C10H9NOS/c1-2-8(12)10-11-7-5-3-4-6-9(7)13-10/h2-6,8,12H,1H2. The molecule has 0 saturated carbocycles. The van der Waals surface area contributed by atoms with E-state index in [1.54, 1.807) is 0 Å². The van der Waals surface area contributed by atoms with Gasteiger partial charge in [-0.2, -0.15) is 0 Å². The molecule has 0 amide bonds. The summed E-state index contributed by atoms with van der Waals surface area (Å²) in [4.78, 5) is 4.28. The maximum Gasteiger partial charge on any atom is 0.126 e. The van der Waals surface area contributed by atoms with E-state index in [0.29, 0.717) is 5.01 Å². The summed E-state index contributed by atoms with van der Waals surface area (Å²) in [6, 6.07) is 7.83. The molecule has 1 N–H and O–H groups in total. The molecule has 0 saturated heterocycles. The highest BCUT2D eigenvalue weighted by atomic mass is 32.1. The van der Waals surface area contributed by atoms with Crippen LogP contribution < -0.4 is 0 Å². The maximum absolute atomic E-state index is 9.46. The second-order valence-electron chi connectivity index (χ2n) is 2.70. The maximum atomic E-state index is 9.46. The Morgan fingerprint density at radius 1 is 1.46 bits per heavy atom. The number of benzene rings is 1. The Morgan fingerprint density at radius 3 is 2.92 bits per heavy atom. The van der Waals surface area contributed by atoms with Crippen molar-refractivity contribution >= 4 is 21.6 Å². The Hall–Kier alpha value is -1.19. The molecule has 0 aliphatic carbocycles. The Labute approximate surface area is 80.2 Å². The fourth-order valence-electron chi connectivity index (χ4n) is 1.12. The highest BCUT2D eigenvalue weighted by molar-refractivity contribution is 7.18. The molecule has 0 fully saturated rings. The molecular weight excluding hydrogens is 182 g/mol. The molecule has 0 radical (unpaired) electrons. The minimum absolute atomic E-state index is 0.641. The quantitative estimate of drug-likeness (QED) is 0.740. The molecule has 0 aliphatic heterocycles. The van der Waals surface area contributed by atoms with Crippen LogP contribution in [0.25, 0.3) is 10.2 Å². The average Bonchev–Trinajstić information content (AvgIpc) is 2.59. The summed E-state index contributed by atoms with van der Waals surface area (Å²) in [6.07, 6.45) is 0.843. The Bertz CT molecular complexity index is 402. The van der Waals surface area contributed by atoms with Crippen LogP contribution in [0.2, 0.25) is 0 Å². The van der Waals surface area contributed by atoms with Crippen molar-refractivity contribution in [1.29, 1.82) is 0 Å². The van der Waals surface area contributed by atoms with Gasteiger partial charge in [0.25, 0.3) is 0 Å². The van der Waals surface area contributed by atoms with Crippen molar-refractivity contribution in [2.75, 3.05) is 0 Å². The van der Waals surface area contributed by atoms with Gasteiger partial charge in [0.15, 0.2) is 0 Å². The van der Waals surface area contributed by atoms with Gasteiger partial charge in [0.2, 0.25) is 0 Å². The van der Waals surface area contributed by atoms with Gasteiger partial charge in [0, 0.05) is 0 Å². The SMILES string of the molecule is C=CC(O)c1nc2ccccc2s1. The average molecular weight is 191 g/mol. The number of nitrogens with zero attached hydrogens (tertiary/aromatic N) is 1. The van der Waals surface area contributed by atoms with Gasteiger partial charge in [-0.15, -0.1) is 17.9 Å². The lowest BCUT2D eigenvalue weighted by Gasteiger charge is -1.96. The summed E-state index contributed by atoms with van der Waals surface area (Å²) < 4.78 is 1.10. The van der Waals surface area contributed by atoms with Gasteiger partial charge in [0.05, 0.1) is 10.2 Å². The molecule has 1 aromatic heterocycles. The lowest BCUT2D eigenvalue weighted by molar-refractivity contribution is 0.229. The summed E-state index contributed by atoms with van der Waals surface area (Å²) in [7, 11) is 0. The van der Waals surface area contributed by atoms with Crippen LogP contribution in [0.15, 0.2) is 36.9 Å². The predicted octanol–water partition coefficient (Wildman–Crippen LogP) is 2.52. The Balaban J connectivity index is 2.55. The van der Waals surface area contributed by atoms with Crippen LogP contribution in [0.4, 0.5) is 0 Å². The molecule has 66 valence electrons. The molecule has 2 rings (SSSR count). The second-order valence-corrected chi connectivity index (χ2v) is 3.76. The van der Waals surface area contributed by atoms with E-state index in [0.717, 1.165) is 10.2 Å². The summed E-state index contributed by atoms with van der Waals surface area (Å²) in [5, 5.41) is 10.2. The monoisotopic (exact) mass is 191 g/mol. The van der Waals surface area contributed by atoms with E-state index in [1.165, 1.54) is 17.4 Å². The molecule has 1 atom stereocenters. The minimum atomic E-state index is -0.641. The van der Waals surface area contributed by atoms with Gasteiger partial charge in [-0.05, 0) is 12.1 Å². The van der Waals surface area contributed by atoms with Crippen molar-refractivity contribution in [3.8, 4) is 0 Å². The van der Waals surface area contributed by atoms with E-state index in [-0.39, 0.29) is 0 Å². The first-order valence-corrected chi connectivity index (χ1v) is 4.79. The molecule has 0 bridgehead atoms. The molecule has 1 aromatic carbocycles. The highest BCUT2D eigenvalue weighted by Gasteiger charge is 2.08. The number of thiazole rings is 1. The van der Waals surface area contributed by atoms with Crippen molar-refractivity contribution in [2.24, 2.45) is 0 Å². The molecule has 1 heterocycles. The first-order chi connectivity index (χ1) is 6.31. The number of aliphatic hydroxyl groups excluding tert-OH is 1. The van der Waals surface area contributed by atoms with Crippen LogP contribution in [-0.2, 0) is 0 Å². The van der Waals surface area contributed by atoms with Gasteiger partial charge in [-0.25, -0.2) is 4.98 Å². The largest absolute Gasteiger partial charge is 0.382 e. The third-order valence-corrected chi connectivity index (χ3v) is 2.89. The van der Waals surface area contributed by atoms with Gasteiger partial charge in [-0.3, -0.25) is 0 Å². The van der Waals surface area contributed by atoms with Crippen molar-refractivity contribution in [3.05, 3.63) is 41.9 Å². The van der Waals surface area contributed by atoms with Gasteiger partial charge in [0.1, 0.15) is 11.1 Å². The topological polar surface area (TPSA) is 33.1 Å². The first-order valence-electron chi connectivity index (χ1n) is 3.97. The summed E-state index contributed by atoms with van der Waals surface area (Å²) in [5.74, 6) is 0. The van der Waals surface area contributed by atoms with Crippen LogP contribution in [0, 0.1) is 0 Å². The summed E-state index contributed by atoms with van der Waals surface area (Å²) >= 11 is 1.50. The fraction of sp³-hybridized carbons (Fsp3) is 0.100. The zero-order valence-electron chi connectivity index (χ0n) is 6.97. The number of hydrogen-bond acceptors (Lipinski definition) is 3. The third kappa shape index (κ3) is 1.48. The van der Waals surface area contributed by atoms with Gasteiger partial charge in [-0.1, -0.05) is 18.2 Å². The number of aliphatic hydroxyl groups is 1. The minimum Gasteiger partial charge on any atom is -0.382 e. The van der Waals surface area contributed by atoms with Crippen molar-refractivity contribution in [2.45, 2.75) is 6.10 Å². The van der Waals surface area contributed by atoms with E-state index in [4.69, 9.17) is 0 Å². The molecule has 0 aliphatic rings. The van der Waals surface area contributed by atoms with E-state index < -0.39 is 6.10 Å². The van der Waals surface area contributed by atoms with Crippen LogP contribution in [0.5, 0.6) is 0 Å². The van der Waals surface area contributed by atoms with Gasteiger partial charge < -0.3 is 5.11 Å². The normalized spacial score (nSPS) is 13.0. The molecule has 2 nitrogen and oxygen atoms in total. The van der Waals surface area contributed by atoms with Gasteiger partial charge >= 0.3 is 0 Å². The zero-order valence-corrected chi connectivity index (χ0v) is 7.79. The number of fused-ring (bicyclic) bond motifs is 1. The summed E-state index contributed by atoms with van der Waals surface area (Å²) in [5.41, 5.74) is 0.934. The Kier molecular flexibility index (Phi) is 2.12. The third-order valence-electron chi connectivity index (χ3n) is 1.79. The number of para-hydroxylation sites is 1. The van der Waals surface area contributed by atoms with E-state index in [1.807, 2.05) is 24.3 Å². The molecule has 13 heavy (non-hydrogen) atoms. The van der Waals surface area contributed by atoms with Crippen molar-refractivity contribution in [1.82, 2.24) is 4.98 Å². The molecular formula is C10H9NOS. The van der Waals surface area contributed by atoms with Crippen molar-refractivity contribution < 1.29 is 5.11 Å². The van der Waals surface area contributed by atoms with E-state index >= 15 is 0 Å². The summed E-state index contributed by atoms with van der Waals surface area (Å²) in [6.45, 7) is 3.52. The lowest BCUT2D eigenvalue weighted by Crippen LogP contribution is -1.89. The van der Waals surface area contributed by atoms with Crippen LogP contribution >= 0.6 is 11.3 Å². The van der Waals surface area contributed by atoms with E-state index in [2.05, 4.69) is 11.6 Å². The highest BCUT2D eigenvalue weighted by Crippen LogP contribution is 2.26. The number of hydrogen-bond donors (Lipinski definition) is 1. The van der Waals surface area contributed by atoms with Crippen LogP contribution in [0.3, 0.4) is 0 Å².